The van der Waals surface area contributed by atoms with Crippen molar-refractivity contribution in [1.29, 1.82) is 0 Å². The summed E-state index contributed by atoms with van der Waals surface area (Å²) < 4.78 is 5.08. The third kappa shape index (κ3) is 16.2. The fourth-order valence-corrected chi connectivity index (χ4v) is 1.50. The number of allylic oxidation sites excluding steroid dienone is 2. The molecule has 7 heteroatoms. The predicted molar refractivity (Wildman–Crippen MR) is 121 cm³/mol. The molecule has 0 aliphatic heterocycles. The van der Waals surface area contributed by atoms with Gasteiger partial charge in [-0.1, -0.05) is 46.1 Å². The van der Waals surface area contributed by atoms with Crippen molar-refractivity contribution in [2.24, 2.45) is 0 Å². The van der Waals surface area contributed by atoms with E-state index < -0.39 is 11.7 Å². The Kier molecular flexibility index (Phi) is 20.1. The molecule has 0 radical (unpaired) electrons. The first kappa shape index (κ1) is 30.7. The molecule has 0 saturated carbocycles. The van der Waals surface area contributed by atoms with Crippen molar-refractivity contribution in [2.75, 3.05) is 32.1 Å². The van der Waals surface area contributed by atoms with Gasteiger partial charge in [0, 0.05) is 31.3 Å². The second-order valence-corrected chi connectivity index (χ2v) is 7.28. The quantitative estimate of drug-likeness (QED) is 0.365. The SMILES string of the molecule is C=C/C(C=O)=C(\C=C)C(=O)N(C)CCNC(=O)OC(C)(C)C.CC.CCSC. The molecule has 0 unspecified atom stereocenters. The number of carbonyl (C=O) groups is 3. The lowest BCUT2D eigenvalue weighted by Gasteiger charge is -2.21. The van der Waals surface area contributed by atoms with Crippen LogP contribution in [0.1, 0.15) is 41.5 Å². The molecule has 162 valence electrons. The second kappa shape index (κ2) is 18.3. The minimum absolute atomic E-state index is 0.171. The Morgan fingerprint density at radius 3 is 2.00 bits per heavy atom. The highest BCUT2D eigenvalue weighted by molar-refractivity contribution is 7.98. The Morgan fingerprint density at radius 2 is 1.68 bits per heavy atom. The average molecular weight is 415 g/mol. The van der Waals surface area contributed by atoms with Crippen LogP contribution in [0.15, 0.2) is 36.5 Å². The molecule has 0 aliphatic carbocycles. The molecule has 2 amide bonds. The van der Waals surface area contributed by atoms with Gasteiger partial charge in [0.1, 0.15) is 5.60 Å². The van der Waals surface area contributed by atoms with E-state index in [1.165, 1.54) is 22.8 Å². The Hall–Kier alpha value is -2.02. The van der Waals surface area contributed by atoms with E-state index in [-0.39, 0.29) is 30.1 Å². The summed E-state index contributed by atoms with van der Waals surface area (Å²) in [6.07, 6.45) is 4.71. The van der Waals surface area contributed by atoms with Crippen LogP contribution < -0.4 is 5.32 Å². The molecule has 0 aromatic rings. The Bertz CT molecular complexity index is 511. The number of nitrogens with zero attached hydrogens (tertiary/aromatic N) is 1. The fourth-order valence-electron chi connectivity index (χ4n) is 1.50. The van der Waals surface area contributed by atoms with E-state index in [1.807, 2.05) is 25.6 Å². The molecular weight excluding hydrogens is 376 g/mol. The van der Waals surface area contributed by atoms with Gasteiger partial charge >= 0.3 is 6.09 Å². The monoisotopic (exact) mass is 414 g/mol. The summed E-state index contributed by atoms with van der Waals surface area (Å²) in [7, 11) is 1.56. The predicted octanol–water partition coefficient (Wildman–Crippen LogP) is 4.23. The van der Waals surface area contributed by atoms with E-state index in [1.54, 1.807) is 27.8 Å². The lowest BCUT2D eigenvalue weighted by molar-refractivity contribution is -0.125. The van der Waals surface area contributed by atoms with Gasteiger partial charge in [0.05, 0.1) is 0 Å². The first-order valence-corrected chi connectivity index (χ1v) is 10.6. The summed E-state index contributed by atoms with van der Waals surface area (Å²) in [6.45, 7) is 18.9. The average Bonchev–Trinajstić information content (AvgIpc) is 2.65. The van der Waals surface area contributed by atoms with Gasteiger partial charge in [-0.3, -0.25) is 9.59 Å². The summed E-state index contributed by atoms with van der Waals surface area (Å²) in [5.41, 5.74) is -0.232. The number of thioether (sulfide) groups is 1. The minimum atomic E-state index is -0.576. The van der Waals surface area contributed by atoms with Crippen LogP contribution in [-0.4, -0.2) is 60.9 Å². The molecule has 0 saturated heterocycles. The Balaban J connectivity index is -0.000000916. The highest BCUT2D eigenvalue weighted by Gasteiger charge is 2.17. The summed E-state index contributed by atoms with van der Waals surface area (Å²) >= 11 is 1.86. The zero-order chi connectivity index (χ0) is 22.8. The van der Waals surface area contributed by atoms with Crippen molar-refractivity contribution in [2.45, 2.75) is 47.1 Å². The zero-order valence-corrected chi connectivity index (χ0v) is 19.6. The first-order valence-electron chi connectivity index (χ1n) is 9.23. The summed E-state index contributed by atoms with van der Waals surface area (Å²) in [6, 6.07) is 0. The maximum Gasteiger partial charge on any atom is 0.407 e. The van der Waals surface area contributed by atoms with Gasteiger partial charge < -0.3 is 15.0 Å². The third-order valence-electron chi connectivity index (χ3n) is 2.84. The molecule has 0 spiro atoms. The number of alkyl carbamates (subject to hydrolysis) is 1. The van der Waals surface area contributed by atoms with Crippen molar-refractivity contribution in [1.82, 2.24) is 10.2 Å². The standard InChI is InChI=1S/C16H24N2O4.C3H8S.C2H6/c1-7-12(11-19)13(8-2)14(20)18(6)10-9-17-15(21)22-16(3,4)5;1-3-4-2;1-2/h7-8,11H,1-2,9-10H2,3-6H3,(H,17,21);3H2,1-2H3;1-2H3/b13-12-;;. The highest BCUT2D eigenvalue weighted by Crippen LogP contribution is 2.09. The lowest BCUT2D eigenvalue weighted by atomic mass is 10.1. The summed E-state index contributed by atoms with van der Waals surface area (Å²) in [4.78, 5) is 35.9. The molecule has 0 atom stereocenters. The summed E-state index contributed by atoms with van der Waals surface area (Å²) in [5, 5.41) is 2.55. The number of amides is 2. The molecule has 0 rings (SSSR count). The summed E-state index contributed by atoms with van der Waals surface area (Å²) in [5.74, 6) is 0.864. The third-order valence-corrected chi connectivity index (χ3v) is 3.42. The molecule has 1 N–H and O–H groups in total. The van der Waals surface area contributed by atoms with Crippen LogP contribution in [0, 0.1) is 0 Å². The van der Waals surface area contributed by atoms with E-state index in [0.717, 1.165) is 0 Å². The van der Waals surface area contributed by atoms with E-state index in [4.69, 9.17) is 4.74 Å². The van der Waals surface area contributed by atoms with Crippen LogP contribution in [0.4, 0.5) is 4.79 Å². The highest BCUT2D eigenvalue weighted by atomic mass is 32.2. The van der Waals surface area contributed by atoms with Crippen LogP contribution in [0.3, 0.4) is 0 Å². The molecule has 0 aliphatic rings. The maximum atomic E-state index is 12.2. The van der Waals surface area contributed by atoms with E-state index in [2.05, 4.69) is 31.7 Å². The molecule has 0 heterocycles. The van der Waals surface area contributed by atoms with Gasteiger partial charge in [-0.25, -0.2) is 4.79 Å². The van der Waals surface area contributed by atoms with Crippen LogP contribution >= 0.6 is 11.8 Å². The smallest absolute Gasteiger partial charge is 0.407 e. The maximum absolute atomic E-state index is 12.2. The molecule has 0 fully saturated rings. The molecular formula is C21H38N2O4S. The lowest BCUT2D eigenvalue weighted by Crippen LogP contribution is -2.39. The van der Waals surface area contributed by atoms with E-state index >= 15 is 0 Å². The zero-order valence-electron chi connectivity index (χ0n) is 18.8. The van der Waals surface area contributed by atoms with Crippen molar-refractivity contribution in [3.63, 3.8) is 0 Å². The number of nitrogens with one attached hydrogen (secondary N) is 1. The number of hydrogen-bond donors (Lipinski definition) is 1. The van der Waals surface area contributed by atoms with Crippen molar-refractivity contribution >= 4 is 30.0 Å². The van der Waals surface area contributed by atoms with E-state index in [9.17, 15) is 14.4 Å². The molecule has 0 aromatic heterocycles. The largest absolute Gasteiger partial charge is 0.444 e. The van der Waals surface area contributed by atoms with Crippen LogP contribution in [0.2, 0.25) is 0 Å². The molecule has 0 aromatic carbocycles. The van der Waals surface area contributed by atoms with Crippen molar-refractivity contribution in [3.8, 4) is 0 Å². The number of rotatable bonds is 8. The van der Waals surface area contributed by atoms with Crippen molar-refractivity contribution < 1.29 is 19.1 Å². The van der Waals surface area contributed by atoms with Gasteiger partial charge in [-0.2, -0.15) is 11.8 Å². The minimum Gasteiger partial charge on any atom is -0.444 e. The Morgan fingerprint density at radius 1 is 1.18 bits per heavy atom. The fraction of sp³-hybridized carbons (Fsp3) is 0.571. The number of carbonyl (C=O) groups excluding carboxylic acids is 3. The number of aldehydes is 1. The van der Waals surface area contributed by atoms with Gasteiger partial charge in [-0.05, 0) is 32.8 Å². The molecule has 28 heavy (non-hydrogen) atoms. The number of ether oxygens (including phenoxy) is 1. The van der Waals surface area contributed by atoms with Gasteiger partial charge in [-0.15, -0.1) is 0 Å². The molecule has 6 nitrogen and oxygen atoms in total. The van der Waals surface area contributed by atoms with Gasteiger partial charge in [0.15, 0.2) is 6.29 Å². The Labute approximate surface area is 175 Å². The van der Waals surface area contributed by atoms with Gasteiger partial charge in [0.2, 0.25) is 0 Å². The van der Waals surface area contributed by atoms with Crippen LogP contribution in [-0.2, 0) is 14.3 Å². The molecule has 0 bridgehead atoms. The normalized spacial score (nSPS) is 10.6. The second-order valence-electron chi connectivity index (χ2n) is 6.13. The van der Waals surface area contributed by atoms with Crippen LogP contribution in [0.5, 0.6) is 0 Å². The number of likely N-dealkylation sites (N-methyl/N-ethyl adjacent to an activating group) is 1. The van der Waals surface area contributed by atoms with E-state index in [0.29, 0.717) is 6.29 Å². The van der Waals surface area contributed by atoms with Gasteiger partial charge in [0.25, 0.3) is 5.91 Å². The topological polar surface area (TPSA) is 75.7 Å². The van der Waals surface area contributed by atoms with Crippen LogP contribution in [0.25, 0.3) is 0 Å². The number of hydrogen-bond acceptors (Lipinski definition) is 5. The van der Waals surface area contributed by atoms with Crippen molar-refractivity contribution in [3.05, 3.63) is 36.5 Å². The first-order chi connectivity index (χ1) is 13.1.